The highest BCUT2D eigenvalue weighted by Gasteiger charge is 2.15. The average Bonchev–Trinajstić information content (AvgIpc) is 2.52. The van der Waals surface area contributed by atoms with Gasteiger partial charge in [-0.3, -0.25) is 0 Å². The van der Waals surface area contributed by atoms with Crippen LogP contribution in [0.1, 0.15) is 30.5 Å². The van der Waals surface area contributed by atoms with Crippen LogP contribution in [0.2, 0.25) is 5.02 Å². The van der Waals surface area contributed by atoms with E-state index in [4.69, 9.17) is 11.6 Å². The Bertz CT molecular complexity index is 544. The van der Waals surface area contributed by atoms with E-state index in [1.54, 1.807) is 0 Å². The van der Waals surface area contributed by atoms with Gasteiger partial charge in [-0.15, -0.1) is 0 Å². The van der Waals surface area contributed by atoms with Crippen molar-refractivity contribution in [3.63, 3.8) is 0 Å². The minimum atomic E-state index is 0.0383. The van der Waals surface area contributed by atoms with Gasteiger partial charge in [0.2, 0.25) is 0 Å². The fourth-order valence-corrected chi connectivity index (χ4v) is 2.73. The zero-order chi connectivity index (χ0) is 15.1. The SMILES string of the molecule is CCC(N[C@@H](CO)Cc1ccccc1)c1cccc(Cl)c1. The van der Waals surface area contributed by atoms with Crippen LogP contribution in [0.4, 0.5) is 0 Å². The van der Waals surface area contributed by atoms with Crippen molar-refractivity contribution in [1.29, 1.82) is 0 Å². The van der Waals surface area contributed by atoms with Crippen molar-refractivity contribution in [2.75, 3.05) is 6.61 Å². The first-order valence-electron chi connectivity index (χ1n) is 7.39. The maximum atomic E-state index is 9.64. The third kappa shape index (κ3) is 4.85. The Morgan fingerprint density at radius 2 is 1.86 bits per heavy atom. The molecule has 0 fully saturated rings. The van der Waals surface area contributed by atoms with Crippen molar-refractivity contribution in [1.82, 2.24) is 5.32 Å². The van der Waals surface area contributed by atoms with Crippen molar-refractivity contribution in [2.45, 2.75) is 31.8 Å². The van der Waals surface area contributed by atoms with E-state index < -0.39 is 0 Å². The molecule has 1 unspecified atom stereocenters. The molecule has 0 amide bonds. The molecule has 0 aliphatic rings. The lowest BCUT2D eigenvalue weighted by molar-refractivity contribution is 0.229. The summed E-state index contributed by atoms with van der Waals surface area (Å²) in [5.74, 6) is 0. The van der Waals surface area contributed by atoms with Gasteiger partial charge in [0.15, 0.2) is 0 Å². The summed E-state index contributed by atoms with van der Waals surface area (Å²) in [6.07, 6.45) is 1.76. The van der Waals surface area contributed by atoms with E-state index in [9.17, 15) is 5.11 Å². The minimum absolute atomic E-state index is 0.0383. The van der Waals surface area contributed by atoms with Crippen LogP contribution in [0.5, 0.6) is 0 Å². The molecule has 0 spiro atoms. The molecule has 2 N–H and O–H groups in total. The molecular formula is C18H22ClNO. The third-order valence-electron chi connectivity index (χ3n) is 3.64. The Morgan fingerprint density at radius 1 is 1.10 bits per heavy atom. The average molecular weight is 304 g/mol. The molecule has 21 heavy (non-hydrogen) atoms. The molecule has 0 saturated carbocycles. The van der Waals surface area contributed by atoms with Gasteiger partial charge in [-0.1, -0.05) is 61.0 Å². The summed E-state index contributed by atoms with van der Waals surface area (Å²) in [5, 5.41) is 13.9. The topological polar surface area (TPSA) is 32.3 Å². The summed E-state index contributed by atoms with van der Waals surface area (Å²) in [6.45, 7) is 2.25. The van der Waals surface area contributed by atoms with Crippen molar-refractivity contribution in [3.8, 4) is 0 Å². The van der Waals surface area contributed by atoms with Crippen LogP contribution in [0.25, 0.3) is 0 Å². The van der Waals surface area contributed by atoms with Gasteiger partial charge in [0.25, 0.3) is 0 Å². The van der Waals surface area contributed by atoms with Crippen molar-refractivity contribution >= 4 is 11.6 Å². The van der Waals surface area contributed by atoms with Crippen LogP contribution < -0.4 is 5.32 Å². The second kappa shape index (κ2) is 8.18. The molecule has 3 heteroatoms. The molecule has 0 radical (unpaired) electrons. The van der Waals surface area contributed by atoms with E-state index in [0.29, 0.717) is 0 Å². The monoisotopic (exact) mass is 303 g/mol. The number of hydrogen-bond acceptors (Lipinski definition) is 2. The minimum Gasteiger partial charge on any atom is -0.395 e. The molecule has 0 aliphatic carbocycles. The Hall–Kier alpha value is -1.35. The van der Waals surface area contributed by atoms with E-state index in [1.807, 2.05) is 36.4 Å². The quantitative estimate of drug-likeness (QED) is 0.811. The first kappa shape index (κ1) is 16.0. The predicted octanol–water partition coefficient (Wildman–Crippen LogP) is 3.98. The first-order chi connectivity index (χ1) is 10.2. The Morgan fingerprint density at radius 3 is 2.48 bits per heavy atom. The maximum absolute atomic E-state index is 9.64. The number of aliphatic hydroxyl groups excluding tert-OH is 1. The zero-order valence-electron chi connectivity index (χ0n) is 12.3. The molecule has 0 saturated heterocycles. The summed E-state index contributed by atoms with van der Waals surface area (Å²) < 4.78 is 0. The lowest BCUT2D eigenvalue weighted by Gasteiger charge is -2.24. The zero-order valence-corrected chi connectivity index (χ0v) is 13.1. The van der Waals surface area contributed by atoms with Gasteiger partial charge in [0, 0.05) is 17.1 Å². The van der Waals surface area contributed by atoms with Crippen LogP contribution in [-0.2, 0) is 6.42 Å². The fourth-order valence-electron chi connectivity index (χ4n) is 2.53. The Balaban J connectivity index is 2.05. The first-order valence-corrected chi connectivity index (χ1v) is 7.77. The lowest BCUT2D eigenvalue weighted by Crippen LogP contribution is -2.37. The van der Waals surface area contributed by atoms with Gasteiger partial charge in [-0.2, -0.15) is 0 Å². The van der Waals surface area contributed by atoms with Crippen LogP contribution >= 0.6 is 11.6 Å². The number of halogens is 1. The van der Waals surface area contributed by atoms with Gasteiger partial charge in [-0.05, 0) is 36.1 Å². The van der Waals surface area contributed by atoms with Crippen LogP contribution in [0.15, 0.2) is 54.6 Å². The number of hydrogen-bond donors (Lipinski definition) is 2. The molecule has 0 aliphatic heterocycles. The van der Waals surface area contributed by atoms with Crippen LogP contribution in [-0.4, -0.2) is 17.8 Å². The third-order valence-corrected chi connectivity index (χ3v) is 3.88. The highest BCUT2D eigenvalue weighted by Crippen LogP contribution is 2.21. The van der Waals surface area contributed by atoms with E-state index >= 15 is 0 Å². The van der Waals surface area contributed by atoms with E-state index in [-0.39, 0.29) is 18.7 Å². The normalized spacial score (nSPS) is 13.9. The van der Waals surface area contributed by atoms with Gasteiger partial charge in [0.1, 0.15) is 0 Å². The van der Waals surface area contributed by atoms with Gasteiger partial charge < -0.3 is 10.4 Å². The summed E-state index contributed by atoms with van der Waals surface area (Å²) in [5.41, 5.74) is 2.39. The summed E-state index contributed by atoms with van der Waals surface area (Å²) in [4.78, 5) is 0. The van der Waals surface area contributed by atoms with Crippen molar-refractivity contribution in [3.05, 3.63) is 70.7 Å². The smallest absolute Gasteiger partial charge is 0.0588 e. The van der Waals surface area contributed by atoms with E-state index in [2.05, 4.69) is 30.4 Å². The molecule has 2 aromatic rings. The van der Waals surface area contributed by atoms with E-state index in [0.717, 1.165) is 23.4 Å². The number of benzene rings is 2. The summed E-state index contributed by atoms with van der Waals surface area (Å²) >= 11 is 6.07. The molecule has 0 bridgehead atoms. The summed E-state index contributed by atoms with van der Waals surface area (Å²) in [6, 6.07) is 18.4. The second-order valence-corrected chi connectivity index (χ2v) is 5.69. The lowest BCUT2D eigenvalue weighted by atomic mass is 10.0. The number of aliphatic hydroxyl groups is 1. The standard InChI is InChI=1S/C18H22ClNO/c1-2-18(15-9-6-10-16(19)12-15)20-17(13-21)11-14-7-4-3-5-8-14/h3-10,12,17-18,20-21H,2,11,13H2,1H3/t17-,18?/m1/s1. The van der Waals surface area contributed by atoms with Gasteiger partial charge in [-0.25, -0.2) is 0 Å². The van der Waals surface area contributed by atoms with Crippen molar-refractivity contribution in [2.24, 2.45) is 0 Å². The van der Waals surface area contributed by atoms with Gasteiger partial charge in [0.05, 0.1) is 6.61 Å². The largest absolute Gasteiger partial charge is 0.395 e. The van der Waals surface area contributed by atoms with E-state index in [1.165, 1.54) is 5.56 Å². The van der Waals surface area contributed by atoms with Crippen molar-refractivity contribution < 1.29 is 5.11 Å². The molecule has 0 aromatic heterocycles. The Kier molecular flexibility index (Phi) is 6.24. The fraction of sp³-hybridized carbons (Fsp3) is 0.333. The van der Waals surface area contributed by atoms with Gasteiger partial charge >= 0.3 is 0 Å². The molecule has 112 valence electrons. The molecule has 2 atom stereocenters. The Labute approximate surface area is 131 Å². The van der Waals surface area contributed by atoms with Crippen LogP contribution in [0, 0.1) is 0 Å². The molecule has 2 aromatic carbocycles. The maximum Gasteiger partial charge on any atom is 0.0588 e. The molecule has 2 nitrogen and oxygen atoms in total. The number of rotatable bonds is 7. The van der Waals surface area contributed by atoms with Crippen LogP contribution in [0.3, 0.4) is 0 Å². The predicted molar refractivity (Wildman–Crippen MR) is 88.6 cm³/mol. The molecule has 2 rings (SSSR count). The number of nitrogens with one attached hydrogen (secondary N) is 1. The summed E-state index contributed by atoms with van der Waals surface area (Å²) in [7, 11) is 0. The second-order valence-electron chi connectivity index (χ2n) is 5.25. The highest BCUT2D eigenvalue weighted by molar-refractivity contribution is 6.30. The molecular weight excluding hydrogens is 282 g/mol. The highest BCUT2D eigenvalue weighted by atomic mass is 35.5. The molecule has 0 heterocycles.